The fraction of sp³-hybridized carbons (Fsp3) is 0.310. The average Bonchev–Trinajstić information content (AvgIpc) is 2.89. The summed E-state index contributed by atoms with van der Waals surface area (Å²) in [4.78, 5) is 29.2. The highest BCUT2D eigenvalue weighted by atomic mass is 16.5. The first-order chi connectivity index (χ1) is 17.3. The Labute approximate surface area is 212 Å². The Morgan fingerprint density at radius 1 is 0.917 bits per heavy atom. The first-order valence-corrected chi connectivity index (χ1v) is 12.3. The van der Waals surface area contributed by atoms with Crippen LogP contribution >= 0.6 is 0 Å². The van der Waals surface area contributed by atoms with E-state index in [2.05, 4.69) is 15.1 Å². The fourth-order valence-corrected chi connectivity index (χ4v) is 4.33. The minimum absolute atomic E-state index is 0.119. The molecule has 1 saturated heterocycles. The van der Waals surface area contributed by atoms with Crippen molar-refractivity contribution in [1.29, 1.82) is 0 Å². The number of aromatic hydroxyl groups is 1. The van der Waals surface area contributed by atoms with E-state index in [1.807, 2.05) is 56.3 Å². The van der Waals surface area contributed by atoms with Crippen molar-refractivity contribution in [3.8, 4) is 5.75 Å². The summed E-state index contributed by atoms with van der Waals surface area (Å²) in [5.74, 6) is -0.701. The van der Waals surface area contributed by atoms with Gasteiger partial charge in [-0.1, -0.05) is 17.7 Å². The van der Waals surface area contributed by atoms with Crippen molar-refractivity contribution in [2.75, 3.05) is 47.9 Å². The van der Waals surface area contributed by atoms with E-state index in [1.165, 1.54) is 0 Å². The van der Waals surface area contributed by atoms with Crippen molar-refractivity contribution in [2.24, 2.45) is 0 Å². The van der Waals surface area contributed by atoms with Gasteiger partial charge in [0.1, 0.15) is 5.75 Å². The number of hydrogen-bond acceptors (Lipinski definition) is 6. The van der Waals surface area contributed by atoms with Gasteiger partial charge in [-0.3, -0.25) is 4.79 Å². The van der Waals surface area contributed by atoms with Crippen molar-refractivity contribution >= 4 is 28.9 Å². The minimum Gasteiger partial charge on any atom is -0.508 e. The molecule has 1 atom stereocenters. The second-order valence-corrected chi connectivity index (χ2v) is 9.10. The van der Waals surface area contributed by atoms with E-state index < -0.39 is 5.92 Å². The van der Waals surface area contributed by atoms with Gasteiger partial charge < -0.3 is 25.0 Å². The lowest BCUT2D eigenvalue weighted by molar-refractivity contribution is -0.117. The molecule has 1 heterocycles. The van der Waals surface area contributed by atoms with Gasteiger partial charge in [0.05, 0.1) is 18.1 Å². The number of carbonyl (C=O) groups is 2. The number of aryl methyl sites for hydroxylation is 1. The number of nitrogens with zero attached hydrogens (tertiary/aromatic N) is 2. The van der Waals surface area contributed by atoms with E-state index in [4.69, 9.17) is 4.74 Å². The molecule has 1 unspecified atom stereocenters. The van der Waals surface area contributed by atoms with Gasteiger partial charge in [-0.25, -0.2) is 4.79 Å². The van der Waals surface area contributed by atoms with Gasteiger partial charge >= 0.3 is 5.97 Å². The quantitative estimate of drug-likeness (QED) is 0.459. The van der Waals surface area contributed by atoms with Gasteiger partial charge in [0.15, 0.2) is 0 Å². The number of nitrogens with one attached hydrogen (secondary N) is 1. The zero-order valence-electron chi connectivity index (χ0n) is 21.0. The van der Waals surface area contributed by atoms with Crippen LogP contribution in [0.1, 0.15) is 41.3 Å². The Balaban J connectivity index is 1.39. The lowest BCUT2D eigenvalue weighted by Crippen LogP contribution is -2.46. The number of carbonyl (C=O) groups excluding carboxylic acids is 2. The largest absolute Gasteiger partial charge is 0.508 e. The molecule has 2 N–H and O–H groups in total. The predicted octanol–water partition coefficient (Wildman–Crippen LogP) is 4.95. The van der Waals surface area contributed by atoms with Gasteiger partial charge in [0.2, 0.25) is 5.91 Å². The maximum absolute atomic E-state index is 12.9. The molecule has 0 aliphatic carbocycles. The third-order valence-corrected chi connectivity index (χ3v) is 6.53. The van der Waals surface area contributed by atoms with Crippen molar-refractivity contribution in [2.45, 2.75) is 26.7 Å². The molecule has 0 aromatic heterocycles. The molecular formula is C29H33N3O4. The van der Waals surface area contributed by atoms with E-state index in [0.29, 0.717) is 12.2 Å². The van der Waals surface area contributed by atoms with Crippen molar-refractivity contribution in [1.82, 2.24) is 0 Å². The molecule has 7 nitrogen and oxygen atoms in total. The molecule has 0 bridgehead atoms. The number of anilines is 3. The molecule has 0 spiro atoms. The second kappa shape index (κ2) is 11.2. The van der Waals surface area contributed by atoms with Crippen LogP contribution in [0.4, 0.5) is 17.1 Å². The van der Waals surface area contributed by atoms with E-state index in [1.54, 1.807) is 31.2 Å². The van der Waals surface area contributed by atoms with Gasteiger partial charge in [-0.15, -0.1) is 0 Å². The molecule has 7 heteroatoms. The monoisotopic (exact) mass is 487 g/mol. The smallest absolute Gasteiger partial charge is 0.338 e. The van der Waals surface area contributed by atoms with Gasteiger partial charge in [-0.2, -0.15) is 0 Å². The lowest BCUT2D eigenvalue weighted by atomic mass is 9.98. The first kappa shape index (κ1) is 25.1. The summed E-state index contributed by atoms with van der Waals surface area (Å²) in [7, 11) is 0. The SMILES string of the molecule is CCOC(=O)c1ccc(N2CCN(c3cc(O)cc(C(C)C(=O)Nc4ccc(C)cc4)c3)CC2)cc1. The Bertz CT molecular complexity index is 1200. The maximum atomic E-state index is 12.9. The summed E-state index contributed by atoms with van der Waals surface area (Å²) in [6.07, 6.45) is 0. The molecule has 36 heavy (non-hydrogen) atoms. The number of hydrogen-bond donors (Lipinski definition) is 2. The molecule has 188 valence electrons. The topological polar surface area (TPSA) is 82.1 Å². The van der Waals surface area contributed by atoms with Crippen molar-refractivity contribution < 1.29 is 19.4 Å². The van der Waals surface area contributed by atoms with Crippen LogP contribution in [-0.2, 0) is 9.53 Å². The van der Waals surface area contributed by atoms with Crippen LogP contribution in [0.25, 0.3) is 0 Å². The van der Waals surface area contributed by atoms with Crippen LogP contribution in [0.15, 0.2) is 66.7 Å². The Morgan fingerprint density at radius 2 is 1.53 bits per heavy atom. The number of piperazine rings is 1. The summed E-state index contributed by atoms with van der Waals surface area (Å²) in [6, 6.07) is 20.6. The molecule has 0 saturated carbocycles. The van der Waals surface area contributed by atoms with E-state index in [0.717, 1.165) is 54.4 Å². The second-order valence-electron chi connectivity index (χ2n) is 9.10. The lowest BCUT2D eigenvalue weighted by Gasteiger charge is -2.37. The zero-order valence-corrected chi connectivity index (χ0v) is 21.0. The molecule has 1 amide bonds. The molecule has 3 aromatic rings. The number of rotatable bonds is 7. The summed E-state index contributed by atoms with van der Waals surface area (Å²) in [5.41, 5.74) is 5.16. The molecule has 1 fully saturated rings. The summed E-state index contributed by atoms with van der Waals surface area (Å²) in [6.45, 7) is 9.14. The molecule has 1 aliphatic rings. The predicted molar refractivity (Wildman–Crippen MR) is 143 cm³/mol. The van der Waals surface area contributed by atoms with Crippen molar-refractivity contribution in [3.05, 3.63) is 83.4 Å². The molecular weight excluding hydrogens is 454 g/mol. The zero-order chi connectivity index (χ0) is 25.7. The van der Waals surface area contributed by atoms with E-state index in [9.17, 15) is 14.7 Å². The summed E-state index contributed by atoms with van der Waals surface area (Å²) >= 11 is 0. The number of ether oxygens (including phenoxy) is 1. The van der Waals surface area contributed by atoms with Crippen molar-refractivity contribution in [3.63, 3.8) is 0 Å². The van der Waals surface area contributed by atoms with Crippen LogP contribution < -0.4 is 15.1 Å². The highest BCUT2D eigenvalue weighted by Gasteiger charge is 2.22. The van der Waals surface area contributed by atoms with Gasteiger partial charge in [0.25, 0.3) is 0 Å². The Kier molecular flexibility index (Phi) is 7.78. The van der Waals surface area contributed by atoms with Crippen LogP contribution in [0.2, 0.25) is 0 Å². The summed E-state index contributed by atoms with van der Waals surface area (Å²) in [5, 5.41) is 13.4. The third-order valence-electron chi connectivity index (χ3n) is 6.53. The highest BCUT2D eigenvalue weighted by Crippen LogP contribution is 2.30. The number of esters is 1. The molecule has 0 radical (unpaired) electrons. The maximum Gasteiger partial charge on any atom is 0.338 e. The van der Waals surface area contributed by atoms with Crippen LogP contribution in [-0.4, -0.2) is 49.8 Å². The van der Waals surface area contributed by atoms with Crippen LogP contribution in [0.3, 0.4) is 0 Å². The highest BCUT2D eigenvalue weighted by molar-refractivity contribution is 5.95. The van der Waals surface area contributed by atoms with Gasteiger partial charge in [-0.05, 0) is 74.9 Å². The Morgan fingerprint density at radius 3 is 2.14 bits per heavy atom. The third kappa shape index (κ3) is 5.97. The molecule has 4 rings (SSSR count). The van der Waals surface area contributed by atoms with E-state index >= 15 is 0 Å². The Hall–Kier alpha value is -4.00. The average molecular weight is 488 g/mol. The number of benzene rings is 3. The number of phenols is 1. The summed E-state index contributed by atoms with van der Waals surface area (Å²) < 4.78 is 5.06. The number of amides is 1. The van der Waals surface area contributed by atoms with Gasteiger partial charge in [0, 0.05) is 49.3 Å². The van der Waals surface area contributed by atoms with Crippen LogP contribution in [0.5, 0.6) is 5.75 Å². The standard InChI is InChI=1S/C29H33N3O4/c1-4-36-29(35)22-7-11-25(12-8-22)31-13-15-32(16-14-31)26-17-23(18-27(33)19-26)21(3)28(34)30-24-9-5-20(2)6-10-24/h5-12,17-19,21,33H,4,13-16H2,1-3H3,(H,30,34). The molecule has 3 aromatic carbocycles. The molecule has 1 aliphatic heterocycles. The van der Waals surface area contributed by atoms with Crippen LogP contribution in [0, 0.1) is 6.92 Å². The minimum atomic E-state index is -0.420. The first-order valence-electron chi connectivity index (χ1n) is 12.3. The fourth-order valence-electron chi connectivity index (χ4n) is 4.33. The number of phenolic OH excluding ortho intramolecular Hbond substituents is 1. The van der Waals surface area contributed by atoms with E-state index in [-0.39, 0.29) is 17.6 Å². The normalized spacial score (nSPS) is 14.3.